The molecule has 36 heavy (non-hydrogen) atoms. The number of fused-ring (bicyclic) bond motifs is 1. The number of carbonyl (C=O) groups excluding carboxylic acids is 2. The molecule has 1 aliphatic rings. The third-order valence-electron chi connectivity index (χ3n) is 6.84. The van der Waals surface area contributed by atoms with E-state index in [1.54, 1.807) is 6.07 Å². The molecule has 0 saturated carbocycles. The van der Waals surface area contributed by atoms with Crippen molar-refractivity contribution in [3.8, 4) is 0 Å². The van der Waals surface area contributed by atoms with Crippen molar-refractivity contribution in [3.63, 3.8) is 0 Å². The molecular formula is C28H33F2N3O3. The second-order valence-corrected chi connectivity index (χ2v) is 9.65. The Hall–Kier alpha value is -3.26. The highest BCUT2D eigenvalue weighted by molar-refractivity contribution is 5.98. The number of aromatic nitrogens is 1. The van der Waals surface area contributed by atoms with Crippen molar-refractivity contribution in [2.75, 3.05) is 0 Å². The van der Waals surface area contributed by atoms with Gasteiger partial charge in [-0.05, 0) is 73.4 Å². The molecule has 1 aromatic heterocycles. The van der Waals surface area contributed by atoms with Gasteiger partial charge in [-0.2, -0.15) is 0 Å². The van der Waals surface area contributed by atoms with Gasteiger partial charge in [0.15, 0.2) is 0 Å². The molecule has 4 rings (SSSR count). The van der Waals surface area contributed by atoms with Gasteiger partial charge in [-0.15, -0.1) is 0 Å². The van der Waals surface area contributed by atoms with Gasteiger partial charge < -0.3 is 20.3 Å². The third-order valence-corrected chi connectivity index (χ3v) is 6.84. The standard InChI is InChI=1S/C28H33F2N3O3/c1-2-3-11-33-12-10-19-4-5-20(16-25(19)33)28(36)32-24(15-18-13-21(29)17-22(30)14-18)26(34)8-6-23-7-9-27(35)31-23/h4-5,10,12-14,16-17,23-24,26,34H,2-3,6-9,11,15H2,1H3,(H,31,35)(H,32,36). The molecule has 8 heteroatoms. The fourth-order valence-corrected chi connectivity index (χ4v) is 4.83. The fraction of sp³-hybridized carbons (Fsp3) is 0.429. The van der Waals surface area contributed by atoms with Gasteiger partial charge in [-0.25, -0.2) is 8.78 Å². The fourth-order valence-electron chi connectivity index (χ4n) is 4.83. The average molecular weight is 498 g/mol. The molecule has 6 nitrogen and oxygen atoms in total. The lowest BCUT2D eigenvalue weighted by atomic mass is 9.95. The lowest BCUT2D eigenvalue weighted by molar-refractivity contribution is -0.119. The predicted molar refractivity (Wildman–Crippen MR) is 135 cm³/mol. The molecule has 2 amide bonds. The second kappa shape index (κ2) is 11.6. The van der Waals surface area contributed by atoms with Gasteiger partial charge in [0.2, 0.25) is 5.91 Å². The van der Waals surface area contributed by atoms with Crippen molar-refractivity contribution < 1.29 is 23.5 Å². The number of hydrogen-bond donors (Lipinski definition) is 3. The number of benzene rings is 2. The molecule has 1 saturated heterocycles. The van der Waals surface area contributed by atoms with Crippen molar-refractivity contribution in [1.29, 1.82) is 0 Å². The molecule has 3 N–H and O–H groups in total. The molecule has 0 radical (unpaired) electrons. The van der Waals surface area contributed by atoms with Gasteiger partial charge >= 0.3 is 0 Å². The Morgan fingerprint density at radius 1 is 1.19 bits per heavy atom. The van der Waals surface area contributed by atoms with Crippen LogP contribution in [0.4, 0.5) is 8.78 Å². The van der Waals surface area contributed by atoms with Crippen molar-refractivity contribution in [3.05, 3.63) is 71.4 Å². The summed E-state index contributed by atoms with van der Waals surface area (Å²) in [5.74, 6) is -1.79. The summed E-state index contributed by atoms with van der Waals surface area (Å²) in [5, 5.41) is 17.8. The molecule has 0 bridgehead atoms. The van der Waals surface area contributed by atoms with Crippen LogP contribution >= 0.6 is 0 Å². The maximum atomic E-state index is 13.8. The van der Waals surface area contributed by atoms with Gasteiger partial charge in [0.1, 0.15) is 11.6 Å². The van der Waals surface area contributed by atoms with Crippen LogP contribution in [-0.2, 0) is 17.8 Å². The third kappa shape index (κ3) is 6.49. The Bertz CT molecular complexity index is 1210. The maximum Gasteiger partial charge on any atom is 0.251 e. The molecule has 0 spiro atoms. The summed E-state index contributed by atoms with van der Waals surface area (Å²) < 4.78 is 29.7. The van der Waals surface area contributed by atoms with Crippen LogP contribution in [-0.4, -0.2) is 39.7 Å². The van der Waals surface area contributed by atoms with E-state index in [4.69, 9.17) is 0 Å². The minimum atomic E-state index is -0.963. The van der Waals surface area contributed by atoms with E-state index in [1.165, 1.54) is 12.1 Å². The zero-order valence-electron chi connectivity index (χ0n) is 20.5. The number of hydrogen-bond acceptors (Lipinski definition) is 3. The van der Waals surface area contributed by atoms with Crippen LogP contribution in [0.3, 0.4) is 0 Å². The first-order valence-corrected chi connectivity index (χ1v) is 12.6. The number of nitrogens with one attached hydrogen (secondary N) is 2. The van der Waals surface area contributed by atoms with Gasteiger partial charge in [0, 0.05) is 42.4 Å². The first kappa shape index (κ1) is 25.8. The van der Waals surface area contributed by atoms with Crippen LogP contribution in [0.25, 0.3) is 10.9 Å². The largest absolute Gasteiger partial charge is 0.391 e. The molecule has 3 atom stereocenters. The first-order valence-electron chi connectivity index (χ1n) is 12.6. The highest BCUT2D eigenvalue weighted by atomic mass is 19.1. The quantitative estimate of drug-likeness (QED) is 0.365. The van der Waals surface area contributed by atoms with E-state index in [0.29, 0.717) is 36.8 Å². The van der Waals surface area contributed by atoms with Crippen LogP contribution in [0.15, 0.2) is 48.7 Å². The van der Waals surface area contributed by atoms with E-state index >= 15 is 0 Å². The summed E-state index contributed by atoms with van der Waals surface area (Å²) in [6.45, 7) is 2.98. The highest BCUT2D eigenvalue weighted by Gasteiger charge is 2.26. The maximum absolute atomic E-state index is 13.8. The number of rotatable bonds is 11. The van der Waals surface area contributed by atoms with E-state index in [1.807, 2.05) is 24.4 Å². The number of halogens is 2. The number of nitrogens with zero attached hydrogens (tertiary/aromatic N) is 1. The Morgan fingerprint density at radius 3 is 2.67 bits per heavy atom. The van der Waals surface area contributed by atoms with Crippen LogP contribution in [0.1, 0.15) is 61.4 Å². The van der Waals surface area contributed by atoms with E-state index in [0.717, 1.165) is 36.4 Å². The Kier molecular flexibility index (Phi) is 8.36. The molecule has 2 aromatic carbocycles. The van der Waals surface area contributed by atoms with Crippen molar-refractivity contribution >= 4 is 22.7 Å². The SMILES string of the molecule is CCCCn1ccc2ccc(C(=O)NC(Cc3cc(F)cc(F)c3)C(O)CCC3CCC(=O)N3)cc21. The number of amides is 2. The van der Waals surface area contributed by atoms with E-state index in [9.17, 15) is 23.5 Å². The molecular weight excluding hydrogens is 464 g/mol. The number of carbonyl (C=O) groups is 2. The summed E-state index contributed by atoms with van der Waals surface area (Å²) in [6, 6.07) is 9.90. The highest BCUT2D eigenvalue weighted by Crippen LogP contribution is 2.21. The van der Waals surface area contributed by atoms with Crippen molar-refractivity contribution in [2.45, 2.75) is 76.6 Å². The summed E-state index contributed by atoms with van der Waals surface area (Å²) in [5.41, 5.74) is 1.75. The van der Waals surface area contributed by atoms with Crippen LogP contribution in [0.2, 0.25) is 0 Å². The van der Waals surface area contributed by atoms with E-state index in [-0.39, 0.29) is 24.3 Å². The van der Waals surface area contributed by atoms with E-state index in [2.05, 4.69) is 22.1 Å². The van der Waals surface area contributed by atoms with Crippen molar-refractivity contribution in [1.82, 2.24) is 15.2 Å². The lowest BCUT2D eigenvalue weighted by Crippen LogP contribution is -2.45. The number of aryl methyl sites for hydroxylation is 1. The molecule has 2 heterocycles. The predicted octanol–water partition coefficient (Wildman–Crippen LogP) is 4.48. The first-order chi connectivity index (χ1) is 17.3. The Balaban J connectivity index is 1.51. The summed E-state index contributed by atoms with van der Waals surface area (Å²) in [6.07, 6.45) is 5.24. The monoisotopic (exact) mass is 497 g/mol. The van der Waals surface area contributed by atoms with Gasteiger partial charge in [-0.1, -0.05) is 19.4 Å². The van der Waals surface area contributed by atoms with Crippen molar-refractivity contribution in [2.24, 2.45) is 0 Å². The summed E-state index contributed by atoms with van der Waals surface area (Å²) >= 11 is 0. The molecule has 3 unspecified atom stereocenters. The van der Waals surface area contributed by atoms with Crippen LogP contribution < -0.4 is 10.6 Å². The summed E-state index contributed by atoms with van der Waals surface area (Å²) in [7, 11) is 0. The lowest BCUT2D eigenvalue weighted by Gasteiger charge is -2.25. The van der Waals surface area contributed by atoms with Gasteiger partial charge in [-0.3, -0.25) is 9.59 Å². The Morgan fingerprint density at radius 2 is 1.97 bits per heavy atom. The number of unbranched alkanes of at least 4 members (excludes halogenated alkanes) is 1. The average Bonchev–Trinajstić information content (AvgIpc) is 3.45. The molecule has 1 aliphatic heterocycles. The Labute approximate surface area is 209 Å². The second-order valence-electron chi connectivity index (χ2n) is 9.65. The number of aliphatic hydroxyl groups excluding tert-OH is 1. The molecule has 0 aliphatic carbocycles. The number of aliphatic hydroxyl groups is 1. The summed E-state index contributed by atoms with van der Waals surface area (Å²) in [4.78, 5) is 24.7. The molecule has 3 aromatic rings. The smallest absolute Gasteiger partial charge is 0.251 e. The van der Waals surface area contributed by atoms with Crippen LogP contribution in [0, 0.1) is 11.6 Å². The zero-order chi connectivity index (χ0) is 25.7. The molecule has 192 valence electrons. The van der Waals surface area contributed by atoms with Gasteiger partial charge in [0.05, 0.1) is 12.1 Å². The zero-order valence-corrected chi connectivity index (χ0v) is 20.5. The molecule has 1 fully saturated rings. The minimum absolute atomic E-state index is 0.00587. The normalized spacial score (nSPS) is 17.2. The van der Waals surface area contributed by atoms with Gasteiger partial charge in [0.25, 0.3) is 5.91 Å². The topological polar surface area (TPSA) is 83.4 Å². The van der Waals surface area contributed by atoms with Crippen LogP contribution in [0.5, 0.6) is 0 Å². The minimum Gasteiger partial charge on any atom is -0.391 e. The van der Waals surface area contributed by atoms with E-state index < -0.39 is 23.8 Å².